The molecule has 0 amide bonds. The molecule has 3 N–H and O–H groups in total. The Bertz CT molecular complexity index is 431. The molecule has 0 saturated carbocycles. The van der Waals surface area contributed by atoms with E-state index in [1.807, 2.05) is 0 Å². The Balaban J connectivity index is 1.89. The van der Waals surface area contributed by atoms with Gasteiger partial charge in [-0.3, -0.25) is 4.68 Å². The first kappa shape index (κ1) is 10.3. The van der Waals surface area contributed by atoms with Crippen LogP contribution in [0.4, 0.5) is 11.6 Å². The minimum absolute atomic E-state index is 0.468. The zero-order valence-electron chi connectivity index (χ0n) is 8.96. The average Bonchev–Trinajstić information content (AvgIpc) is 2.69. The maximum Gasteiger partial charge on any atom is 0.131 e. The second-order valence-electron chi connectivity index (χ2n) is 3.32. The highest BCUT2D eigenvalue weighted by Gasteiger charge is 1.98. The molecular formula is C9H13N7. The highest BCUT2D eigenvalue weighted by Crippen LogP contribution is 2.06. The molecule has 0 aromatic carbocycles. The highest BCUT2D eigenvalue weighted by molar-refractivity contribution is 5.44. The van der Waals surface area contributed by atoms with Gasteiger partial charge in [0.1, 0.15) is 17.5 Å². The van der Waals surface area contributed by atoms with Crippen LogP contribution in [0.15, 0.2) is 18.5 Å². The molecule has 2 rings (SSSR count). The van der Waals surface area contributed by atoms with Crippen molar-refractivity contribution in [1.29, 1.82) is 0 Å². The van der Waals surface area contributed by atoms with Crippen molar-refractivity contribution in [2.75, 3.05) is 17.6 Å². The summed E-state index contributed by atoms with van der Waals surface area (Å²) in [7, 11) is 0. The SMILES string of the molecule is Cc1nc(N)cc(NCCn2ccnn2)n1. The number of aryl methyl sites for hydroxylation is 1. The van der Waals surface area contributed by atoms with Crippen LogP contribution in [0.1, 0.15) is 5.82 Å². The third-order valence-electron chi connectivity index (χ3n) is 1.98. The van der Waals surface area contributed by atoms with Crippen LogP contribution in [-0.4, -0.2) is 31.5 Å². The molecule has 0 unspecified atom stereocenters. The Morgan fingerprint density at radius 2 is 2.31 bits per heavy atom. The summed E-state index contributed by atoms with van der Waals surface area (Å²) < 4.78 is 1.74. The molecule has 0 bridgehead atoms. The van der Waals surface area contributed by atoms with Crippen LogP contribution in [0.25, 0.3) is 0 Å². The van der Waals surface area contributed by atoms with E-state index >= 15 is 0 Å². The van der Waals surface area contributed by atoms with Crippen LogP contribution in [-0.2, 0) is 6.54 Å². The summed E-state index contributed by atoms with van der Waals surface area (Å²) >= 11 is 0. The van der Waals surface area contributed by atoms with Crippen LogP contribution in [0, 0.1) is 6.92 Å². The maximum absolute atomic E-state index is 5.61. The molecule has 0 aliphatic heterocycles. The van der Waals surface area contributed by atoms with Crippen LogP contribution in [0.3, 0.4) is 0 Å². The molecule has 0 radical (unpaired) electrons. The topological polar surface area (TPSA) is 94.5 Å². The van der Waals surface area contributed by atoms with E-state index in [0.717, 1.165) is 12.4 Å². The summed E-state index contributed by atoms with van der Waals surface area (Å²) in [6.07, 6.45) is 3.45. The first-order chi connectivity index (χ1) is 7.74. The summed E-state index contributed by atoms with van der Waals surface area (Å²) in [5.74, 6) is 1.85. The van der Waals surface area contributed by atoms with Gasteiger partial charge in [0, 0.05) is 18.8 Å². The van der Waals surface area contributed by atoms with E-state index in [4.69, 9.17) is 5.73 Å². The predicted octanol–water partition coefficient (Wildman–Crippen LogP) is 0.0708. The van der Waals surface area contributed by atoms with Crippen LogP contribution >= 0.6 is 0 Å². The third kappa shape index (κ3) is 2.66. The van der Waals surface area contributed by atoms with Crippen molar-refractivity contribution in [2.24, 2.45) is 0 Å². The van der Waals surface area contributed by atoms with Crippen molar-refractivity contribution in [3.05, 3.63) is 24.3 Å². The normalized spacial score (nSPS) is 10.3. The molecule has 7 nitrogen and oxygen atoms in total. The fourth-order valence-electron chi connectivity index (χ4n) is 1.33. The van der Waals surface area contributed by atoms with Crippen LogP contribution in [0.2, 0.25) is 0 Å². The highest BCUT2D eigenvalue weighted by atomic mass is 15.4. The van der Waals surface area contributed by atoms with Crippen molar-refractivity contribution in [3.63, 3.8) is 0 Å². The smallest absolute Gasteiger partial charge is 0.131 e. The van der Waals surface area contributed by atoms with E-state index in [1.54, 1.807) is 30.1 Å². The van der Waals surface area contributed by atoms with E-state index in [9.17, 15) is 0 Å². The van der Waals surface area contributed by atoms with E-state index < -0.39 is 0 Å². The first-order valence-electron chi connectivity index (χ1n) is 4.93. The Labute approximate surface area is 92.7 Å². The summed E-state index contributed by atoms with van der Waals surface area (Å²) in [5.41, 5.74) is 5.61. The fraction of sp³-hybridized carbons (Fsp3) is 0.333. The fourth-order valence-corrected chi connectivity index (χ4v) is 1.33. The van der Waals surface area contributed by atoms with Gasteiger partial charge in [0.2, 0.25) is 0 Å². The van der Waals surface area contributed by atoms with Crippen molar-refractivity contribution < 1.29 is 0 Å². The van der Waals surface area contributed by atoms with Crippen molar-refractivity contribution in [1.82, 2.24) is 25.0 Å². The molecule has 2 aromatic rings. The summed E-state index contributed by atoms with van der Waals surface area (Å²) in [4.78, 5) is 8.20. The Kier molecular flexibility index (Phi) is 2.95. The van der Waals surface area contributed by atoms with Gasteiger partial charge in [-0.05, 0) is 6.92 Å². The van der Waals surface area contributed by atoms with Crippen LogP contribution in [0.5, 0.6) is 0 Å². The van der Waals surface area contributed by atoms with E-state index in [1.165, 1.54) is 0 Å². The minimum atomic E-state index is 0.468. The van der Waals surface area contributed by atoms with Crippen molar-refractivity contribution in [2.45, 2.75) is 13.5 Å². The van der Waals surface area contributed by atoms with Gasteiger partial charge < -0.3 is 11.1 Å². The molecule has 7 heteroatoms. The number of hydrogen-bond acceptors (Lipinski definition) is 6. The van der Waals surface area contributed by atoms with Gasteiger partial charge in [0.05, 0.1) is 12.7 Å². The molecule has 2 heterocycles. The number of anilines is 2. The number of nitrogens with one attached hydrogen (secondary N) is 1. The lowest BCUT2D eigenvalue weighted by Gasteiger charge is -2.06. The van der Waals surface area contributed by atoms with E-state index in [-0.39, 0.29) is 0 Å². The molecule has 0 aliphatic carbocycles. The minimum Gasteiger partial charge on any atom is -0.384 e. The van der Waals surface area contributed by atoms with Gasteiger partial charge in [-0.25, -0.2) is 9.97 Å². The van der Waals surface area contributed by atoms with Gasteiger partial charge in [-0.1, -0.05) is 5.21 Å². The molecule has 0 saturated heterocycles. The third-order valence-corrected chi connectivity index (χ3v) is 1.98. The van der Waals surface area contributed by atoms with Gasteiger partial charge in [-0.2, -0.15) is 0 Å². The second kappa shape index (κ2) is 4.56. The first-order valence-corrected chi connectivity index (χ1v) is 4.93. The summed E-state index contributed by atoms with van der Waals surface area (Å²) in [6.45, 7) is 3.24. The number of nitrogens with two attached hydrogens (primary N) is 1. The molecule has 0 atom stereocenters. The zero-order valence-corrected chi connectivity index (χ0v) is 8.96. The Morgan fingerprint density at radius 3 is 3.00 bits per heavy atom. The van der Waals surface area contributed by atoms with E-state index in [2.05, 4.69) is 25.6 Å². The lowest BCUT2D eigenvalue weighted by molar-refractivity contribution is 0.608. The number of aromatic nitrogens is 5. The van der Waals surface area contributed by atoms with E-state index in [0.29, 0.717) is 18.2 Å². The summed E-state index contributed by atoms with van der Waals surface area (Å²) in [5, 5.41) is 10.7. The lowest BCUT2D eigenvalue weighted by atomic mass is 10.5. The monoisotopic (exact) mass is 219 g/mol. The van der Waals surface area contributed by atoms with Gasteiger partial charge in [-0.15, -0.1) is 5.10 Å². The standard InChI is InChI=1S/C9H13N7/c1-7-13-8(10)6-9(14-7)11-2-4-16-5-3-12-15-16/h3,5-6H,2,4H2,1H3,(H3,10,11,13,14). The number of hydrogen-bond donors (Lipinski definition) is 2. The molecular weight excluding hydrogens is 206 g/mol. The van der Waals surface area contributed by atoms with Gasteiger partial charge in [0.15, 0.2) is 0 Å². The average molecular weight is 219 g/mol. The van der Waals surface area contributed by atoms with Gasteiger partial charge >= 0.3 is 0 Å². The number of rotatable bonds is 4. The Hall–Kier alpha value is -2.18. The largest absolute Gasteiger partial charge is 0.384 e. The molecule has 0 spiro atoms. The second-order valence-corrected chi connectivity index (χ2v) is 3.32. The van der Waals surface area contributed by atoms with Gasteiger partial charge in [0.25, 0.3) is 0 Å². The molecule has 0 fully saturated rings. The zero-order chi connectivity index (χ0) is 11.4. The molecule has 16 heavy (non-hydrogen) atoms. The Morgan fingerprint density at radius 1 is 1.44 bits per heavy atom. The lowest BCUT2D eigenvalue weighted by Crippen LogP contribution is -2.12. The quantitative estimate of drug-likeness (QED) is 0.755. The molecule has 0 aliphatic rings. The molecule has 84 valence electrons. The maximum atomic E-state index is 5.61. The predicted molar refractivity (Wildman–Crippen MR) is 59.7 cm³/mol. The number of nitrogens with zero attached hydrogens (tertiary/aromatic N) is 5. The van der Waals surface area contributed by atoms with Crippen molar-refractivity contribution >= 4 is 11.6 Å². The summed E-state index contributed by atoms with van der Waals surface area (Å²) in [6, 6.07) is 1.70. The van der Waals surface area contributed by atoms with Crippen molar-refractivity contribution in [3.8, 4) is 0 Å². The number of nitrogen functional groups attached to an aromatic ring is 1. The van der Waals surface area contributed by atoms with Crippen LogP contribution < -0.4 is 11.1 Å². The molecule has 2 aromatic heterocycles.